The molecule has 1 amide bonds. The highest BCUT2D eigenvalue weighted by atomic mass is 32.2. The molecule has 6 heteroatoms. The first-order chi connectivity index (χ1) is 11.0. The van der Waals surface area contributed by atoms with Crippen molar-refractivity contribution in [2.24, 2.45) is 0 Å². The fourth-order valence-corrected chi connectivity index (χ4v) is 2.62. The van der Waals surface area contributed by atoms with Gasteiger partial charge in [-0.05, 0) is 30.5 Å². The Hall–Kier alpha value is -1.92. The number of anilines is 1. The van der Waals surface area contributed by atoms with Crippen molar-refractivity contribution in [2.45, 2.75) is 11.4 Å². The van der Waals surface area contributed by atoms with Gasteiger partial charge in [0.25, 0.3) is 5.91 Å². The number of nitrogens with one attached hydrogen (secondary N) is 2. The molecule has 0 spiro atoms. The monoisotopic (exact) mass is 337 g/mol. The maximum absolute atomic E-state index is 13.1. The van der Waals surface area contributed by atoms with E-state index in [1.165, 1.54) is 11.0 Å². The zero-order chi connectivity index (χ0) is 16.8. The molecule has 2 rings (SSSR count). The number of benzene rings is 2. The minimum atomic E-state index is -0.975. The van der Waals surface area contributed by atoms with Crippen molar-refractivity contribution in [3.05, 3.63) is 59.7 Å². The second-order valence-corrected chi connectivity index (χ2v) is 6.22. The van der Waals surface area contributed by atoms with Gasteiger partial charge >= 0.3 is 0 Å². The minimum Gasteiger partial charge on any atom is -0.326 e. The van der Waals surface area contributed by atoms with Gasteiger partial charge in [-0.1, -0.05) is 12.1 Å². The summed E-state index contributed by atoms with van der Waals surface area (Å²) in [6.45, 7) is 0.948. The lowest BCUT2D eigenvalue weighted by Crippen LogP contribution is -3.08. The quantitative estimate of drug-likeness (QED) is 0.794. The van der Waals surface area contributed by atoms with Gasteiger partial charge in [0.15, 0.2) is 18.2 Å². The Bertz CT molecular complexity index is 677. The van der Waals surface area contributed by atoms with Gasteiger partial charge in [-0.25, -0.2) is 8.78 Å². The van der Waals surface area contributed by atoms with Crippen LogP contribution in [-0.2, 0) is 11.3 Å². The summed E-state index contributed by atoms with van der Waals surface area (Å²) < 4.78 is 26.0. The molecule has 1 atom stereocenters. The van der Waals surface area contributed by atoms with E-state index in [9.17, 15) is 13.6 Å². The molecule has 0 aliphatic carbocycles. The van der Waals surface area contributed by atoms with Gasteiger partial charge in [-0.15, -0.1) is 11.8 Å². The van der Waals surface area contributed by atoms with Gasteiger partial charge < -0.3 is 10.2 Å². The van der Waals surface area contributed by atoms with Crippen LogP contribution in [-0.4, -0.2) is 25.8 Å². The van der Waals surface area contributed by atoms with E-state index in [4.69, 9.17) is 0 Å². The smallest absolute Gasteiger partial charge is 0.279 e. The molecule has 0 aromatic heterocycles. The summed E-state index contributed by atoms with van der Waals surface area (Å²) in [6, 6.07) is 11.5. The van der Waals surface area contributed by atoms with Crippen molar-refractivity contribution >= 4 is 23.4 Å². The first kappa shape index (κ1) is 17.4. The fraction of sp³-hybridized carbons (Fsp3) is 0.235. The highest BCUT2D eigenvalue weighted by Gasteiger charge is 2.12. The highest BCUT2D eigenvalue weighted by Crippen LogP contribution is 2.14. The molecule has 3 nitrogen and oxygen atoms in total. The topological polar surface area (TPSA) is 33.5 Å². The molecule has 2 aromatic carbocycles. The Morgan fingerprint density at radius 3 is 2.43 bits per heavy atom. The number of thioether (sulfide) groups is 1. The van der Waals surface area contributed by atoms with E-state index in [0.717, 1.165) is 22.6 Å². The van der Waals surface area contributed by atoms with E-state index in [2.05, 4.69) is 17.4 Å². The van der Waals surface area contributed by atoms with Gasteiger partial charge in [-0.3, -0.25) is 4.79 Å². The van der Waals surface area contributed by atoms with E-state index in [1.54, 1.807) is 11.8 Å². The molecule has 0 saturated heterocycles. The summed E-state index contributed by atoms with van der Waals surface area (Å²) in [5, 5.41) is 2.58. The predicted octanol–water partition coefficient (Wildman–Crippen LogP) is 2.34. The van der Waals surface area contributed by atoms with Gasteiger partial charge in [0, 0.05) is 22.2 Å². The predicted molar refractivity (Wildman–Crippen MR) is 88.7 cm³/mol. The molecule has 0 radical (unpaired) electrons. The normalized spacial score (nSPS) is 12.0. The number of likely N-dealkylation sites (N-methyl/N-ethyl adjacent to an activating group) is 1. The van der Waals surface area contributed by atoms with Crippen LogP contribution in [0.25, 0.3) is 0 Å². The number of rotatable bonds is 6. The molecule has 0 saturated carbocycles. The number of hydrogen-bond acceptors (Lipinski definition) is 2. The van der Waals surface area contributed by atoms with Crippen molar-refractivity contribution in [2.75, 3.05) is 25.2 Å². The molecule has 23 heavy (non-hydrogen) atoms. The Labute approximate surface area is 138 Å². The van der Waals surface area contributed by atoms with E-state index < -0.39 is 11.6 Å². The average molecular weight is 337 g/mol. The van der Waals surface area contributed by atoms with Crippen LogP contribution in [0.2, 0.25) is 0 Å². The lowest BCUT2D eigenvalue weighted by Gasteiger charge is -2.14. The van der Waals surface area contributed by atoms with Crippen molar-refractivity contribution in [3.63, 3.8) is 0 Å². The number of quaternary nitrogens is 1. The van der Waals surface area contributed by atoms with Gasteiger partial charge in [-0.2, -0.15) is 0 Å². The van der Waals surface area contributed by atoms with Gasteiger partial charge in [0.2, 0.25) is 0 Å². The molecule has 122 valence electrons. The molecule has 2 N–H and O–H groups in total. The van der Waals surface area contributed by atoms with Gasteiger partial charge in [0.1, 0.15) is 6.54 Å². The van der Waals surface area contributed by atoms with Gasteiger partial charge in [0.05, 0.1) is 7.05 Å². The summed E-state index contributed by atoms with van der Waals surface area (Å²) >= 11 is 1.68. The largest absolute Gasteiger partial charge is 0.326 e. The van der Waals surface area contributed by atoms with E-state index in [0.29, 0.717) is 6.54 Å². The fourth-order valence-electron chi connectivity index (χ4n) is 2.21. The summed E-state index contributed by atoms with van der Waals surface area (Å²) in [6.07, 6.45) is 2.02. The van der Waals surface area contributed by atoms with E-state index >= 15 is 0 Å². The third-order valence-corrected chi connectivity index (χ3v) is 4.07. The Morgan fingerprint density at radius 1 is 1.13 bits per heavy atom. The minimum absolute atomic E-state index is 0.239. The maximum Gasteiger partial charge on any atom is 0.279 e. The van der Waals surface area contributed by atoms with Crippen molar-refractivity contribution in [1.29, 1.82) is 0 Å². The number of halogens is 2. The maximum atomic E-state index is 13.1. The molecule has 0 bridgehead atoms. The van der Waals surface area contributed by atoms with Crippen LogP contribution < -0.4 is 10.2 Å². The number of carbonyl (C=O) groups excluding carboxylic acids is 1. The molecular formula is C17H19F2N2OS+. The third-order valence-electron chi connectivity index (χ3n) is 3.33. The lowest BCUT2D eigenvalue weighted by molar-refractivity contribution is -0.885. The van der Waals surface area contributed by atoms with Crippen molar-refractivity contribution in [3.8, 4) is 0 Å². The summed E-state index contributed by atoms with van der Waals surface area (Å²) in [5.41, 5.74) is 1.40. The van der Waals surface area contributed by atoms with E-state index in [-0.39, 0.29) is 18.1 Å². The zero-order valence-electron chi connectivity index (χ0n) is 13.0. The van der Waals surface area contributed by atoms with Crippen LogP contribution in [0.15, 0.2) is 47.4 Å². The molecule has 0 aliphatic heterocycles. The molecular weight excluding hydrogens is 318 g/mol. The molecule has 0 aliphatic rings. The summed E-state index contributed by atoms with van der Waals surface area (Å²) in [5.74, 6) is -2.15. The van der Waals surface area contributed by atoms with Crippen molar-refractivity contribution in [1.82, 2.24) is 0 Å². The van der Waals surface area contributed by atoms with Crippen LogP contribution >= 0.6 is 11.8 Å². The molecule has 0 heterocycles. The summed E-state index contributed by atoms with van der Waals surface area (Å²) in [7, 11) is 1.91. The number of hydrogen-bond donors (Lipinski definition) is 2. The standard InChI is InChI=1S/C17H18F2N2OS/c1-21(10-12-3-6-14(23-2)7-4-12)11-17(22)20-13-5-8-15(18)16(19)9-13/h3-9H,10-11H2,1-2H3,(H,20,22)/p+1. The van der Waals surface area contributed by atoms with E-state index in [1.807, 2.05) is 25.4 Å². The van der Waals surface area contributed by atoms with Crippen LogP contribution in [0.3, 0.4) is 0 Å². The first-order valence-corrected chi connectivity index (χ1v) is 8.39. The summed E-state index contributed by atoms with van der Waals surface area (Å²) in [4.78, 5) is 14.2. The Kier molecular flexibility index (Phi) is 6.12. The second-order valence-electron chi connectivity index (χ2n) is 5.34. The Morgan fingerprint density at radius 2 is 1.83 bits per heavy atom. The first-order valence-electron chi connectivity index (χ1n) is 7.17. The average Bonchev–Trinajstić information content (AvgIpc) is 2.51. The molecule has 0 fully saturated rings. The molecule has 2 aromatic rings. The Balaban J connectivity index is 1.87. The third kappa shape index (κ3) is 5.33. The van der Waals surface area contributed by atoms with Crippen LogP contribution in [0.1, 0.15) is 5.56 Å². The second kappa shape index (κ2) is 8.08. The zero-order valence-corrected chi connectivity index (χ0v) is 13.8. The molecule has 1 unspecified atom stereocenters. The SMILES string of the molecule is CSc1ccc(C[NH+](C)CC(=O)Nc2ccc(F)c(F)c2)cc1. The van der Waals surface area contributed by atoms with Crippen LogP contribution in [0.4, 0.5) is 14.5 Å². The number of carbonyl (C=O) groups is 1. The van der Waals surface area contributed by atoms with Crippen LogP contribution in [0.5, 0.6) is 0 Å². The highest BCUT2D eigenvalue weighted by molar-refractivity contribution is 7.98. The lowest BCUT2D eigenvalue weighted by atomic mass is 10.2. The van der Waals surface area contributed by atoms with Crippen molar-refractivity contribution < 1.29 is 18.5 Å². The van der Waals surface area contributed by atoms with Crippen LogP contribution in [0, 0.1) is 11.6 Å². The number of amides is 1.